The summed E-state index contributed by atoms with van der Waals surface area (Å²) in [5.74, 6) is 0.880. The highest BCUT2D eigenvalue weighted by atomic mass is 19.1. The van der Waals surface area contributed by atoms with Crippen molar-refractivity contribution < 1.29 is 9.13 Å². The summed E-state index contributed by atoms with van der Waals surface area (Å²) in [4.78, 5) is 10.0. The molecule has 0 saturated carbocycles. The van der Waals surface area contributed by atoms with Crippen LogP contribution in [-0.4, -0.2) is 64.2 Å². The van der Waals surface area contributed by atoms with Crippen molar-refractivity contribution >= 4 is 35.3 Å². The molecule has 19 heavy (non-hydrogen) atoms. The van der Waals surface area contributed by atoms with E-state index in [4.69, 9.17) is 10.5 Å². The topological polar surface area (TPSA) is 64.3 Å². The molecule has 1 aliphatic heterocycles. The van der Waals surface area contributed by atoms with Gasteiger partial charge in [0.05, 0.1) is 12.6 Å². The van der Waals surface area contributed by atoms with Crippen molar-refractivity contribution in [1.29, 1.82) is 0 Å². The van der Waals surface area contributed by atoms with Gasteiger partial charge < -0.3 is 15.4 Å². The van der Waals surface area contributed by atoms with E-state index in [0.29, 0.717) is 24.7 Å². The lowest BCUT2D eigenvalue weighted by Gasteiger charge is -2.38. The van der Waals surface area contributed by atoms with Crippen LogP contribution in [0.1, 0.15) is 6.42 Å². The summed E-state index contributed by atoms with van der Waals surface area (Å²) in [5, 5.41) is -0.329. The molecule has 0 aliphatic carbocycles. The third-order valence-electron chi connectivity index (χ3n) is 2.93. The number of piperidine rings is 1. The smallest absolute Gasteiger partial charge is 0.227 e. The zero-order valence-corrected chi connectivity index (χ0v) is 11.6. The van der Waals surface area contributed by atoms with Gasteiger partial charge in [-0.15, -0.1) is 0 Å². The van der Waals surface area contributed by atoms with Gasteiger partial charge in [-0.3, -0.25) is 0 Å². The molecular formula is C10H18B3FN4O. The van der Waals surface area contributed by atoms with E-state index in [1.165, 1.54) is 0 Å². The predicted octanol–water partition coefficient (Wildman–Crippen LogP) is -2.50. The van der Waals surface area contributed by atoms with E-state index in [9.17, 15) is 4.39 Å². The van der Waals surface area contributed by atoms with Crippen molar-refractivity contribution in [3.63, 3.8) is 0 Å². The molecule has 5 nitrogen and oxygen atoms in total. The minimum atomic E-state index is -1.04. The van der Waals surface area contributed by atoms with Gasteiger partial charge in [-0.05, 0) is 17.8 Å². The first-order chi connectivity index (χ1) is 8.85. The van der Waals surface area contributed by atoms with Gasteiger partial charge in [0.2, 0.25) is 5.95 Å². The highest BCUT2D eigenvalue weighted by Gasteiger charge is 2.33. The van der Waals surface area contributed by atoms with Crippen LogP contribution in [0.4, 0.5) is 16.2 Å². The minimum absolute atomic E-state index is 0.240. The fourth-order valence-electron chi connectivity index (χ4n) is 2.17. The molecule has 1 aromatic heterocycles. The SMILES string of the molecule is BC(B)(B)OC1CCN(c2nccc(N)n2)CC1F. The van der Waals surface area contributed by atoms with Crippen molar-refractivity contribution in [2.75, 3.05) is 23.7 Å². The maximum atomic E-state index is 14.2. The summed E-state index contributed by atoms with van der Waals surface area (Å²) in [6, 6.07) is 1.62. The van der Waals surface area contributed by atoms with Gasteiger partial charge in [-0.25, -0.2) is 9.37 Å². The molecule has 1 saturated heterocycles. The van der Waals surface area contributed by atoms with Crippen molar-refractivity contribution in [1.82, 2.24) is 9.97 Å². The molecule has 0 amide bonds. The van der Waals surface area contributed by atoms with E-state index in [1.54, 1.807) is 12.3 Å². The molecule has 2 atom stereocenters. The average molecular weight is 262 g/mol. The summed E-state index contributed by atoms with van der Waals surface area (Å²) in [6.45, 7) is 0.912. The fourth-order valence-corrected chi connectivity index (χ4v) is 2.17. The second-order valence-corrected chi connectivity index (χ2v) is 5.80. The molecule has 2 unspecified atom stereocenters. The number of hydrogen-bond acceptors (Lipinski definition) is 5. The first-order valence-corrected chi connectivity index (χ1v) is 6.50. The molecular weight excluding hydrogens is 244 g/mol. The Morgan fingerprint density at radius 2 is 2.21 bits per heavy atom. The maximum Gasteiger partial charge on any atom is 0.227 e. The van der Waals surface area contributed by atoms with E-state index in [0.717, 1.165) is 0 Å². The van der Waals surface area contributed by atoms with Crippen LogP contribution < -0.4 is 10.6 Å². The highest BCUT2D eigenvalue weighted by Crippen LogP contribution is 2.22. The predicted molar refractivity (Wildman–Crippen MR) is 81.4 cm³/mol. The molecule has 100 valence electrons. The Morgan fingerprint density at radius 3 is 2.79 bits per heavy atom. The van der Waals surface area contributed by atoms with E-state index >= 15 is 0 Å². The molecule has 1 aromatic rings. The van der Waals surface area contributed by atoms with Crippen LogP contribution in [-0.2, 0) is 4.74 Å². The fraction of sp³-hybridized carbons (Fsp3) is 0.600. The van der Waals surface area contributed by atoms with Crippen molar-refractivity contribution in [2.45, 2.75) is 24.0 Å². The Balaban J connectivity index is 2.00. The number of halogens is 1. The van der Waals surface area contributed by atoms with Gasteiger partial charge in [-0.2, -0.15) is 4.98 Å². The number of rotatable bonds is 3. The van der Waals surface area contributed by atoms with Crippen LogP contribution in [0.3, 0.4) is 0 Å². The molecule has 9 heteroatoms. The van der Waals surface area contributed by atoms with E-state index in [2.05, 4.69) is 9.97 Å². The minimum Gasteiger partial charge on any atom is -0.394 e. The second kappa shape index (κ2) is 5.40. The van der Waals surface area contributed by atoms with Gasteiger partial charge in [0.25, 0.3) is 0 Å². The largest absolute Gasteiger partial charge is 0.394 e. The monoisotopic (exact) mass is 262 g/mol. The lowest BCUT2D eigenvalue weighted by molar-refractivity contribution is -0.0185. The summed E-state index contributed by atoms with van der Waals surface area (Å²) >= 11 is 0. The third kappa shape index (κ3) is 3.86. The number of ether oxygens (including phenoxy) is 1. The Hall–Kier alpha value is -1.24. The Labute approximate surface area is 115 Å². The van der Waals surface area contributed by atoms with Gasteiger partial charge in [0, 0.05) is 12.7 Å². The van der Waals surface area contributed by atoms with Crippen LogP contribution in [0.15, 0.2) is 12.3 Å². The highest BCUT2D eigenvalue weighted by molar-refractivity contribution is 6.58. The zero-order chi connectivity index (χ0) is 14.0. The lowest BCUT2D eigenvalue weighted by Crippen LogP contribution is -2.50. The van der Waals surface area contributed by atoms with Crippen molar-refractivity contribution in [3.05, 3.63) is 12.3 Å². The Kier molecular flexibility index (Phi) is 4.03. The van der Waals surface area contributed by atoms with Crippen LogP contribution >= 0.6 is 0 Å². The molecule has 1 fully saturated rings. The van der Waals surface area contributed by atoms with Gasteiger partial charge >= 0.3 is 0 Å². The van der Waals surface area contributed by atoms with Crippen LogP contribution in [0, 0.1) is 0 Å². The quantitative estimate of drug-likeness (QED) is 0.610. The number of alkyl halides is 1. The first kappa shape index (κ1) is 14.2. The van der Waals surface area contributed by atoms with Crippen LogP contribution in [0.25, 0.3) is 0 Å². The molecule has 0 bridgehead atoms. The standard InChI is InChI=1S/C10H18B3FN4O/c11-10(12,13)19-7-2-4-18(5-6(7)14)9-16-3-1-8(15)17-9/h1,3,6-7H,2,4-5,11-13H2,(H2,15,16,17). The number of nitrogens with two attached hydrogens (primary N) is 1. The first-order valence-electron chi connectivity index (χ1n) is 6.50. The van der Waals surface area contributed by atoms with E-state index in [1.807, 2.05) is 28.4 Å². The molecule has 0 spiro atoms. The van der Waals surface area contributed by atoms with E-state index in [-0.39, 0.29) is 17.9 Å². The number of hydrogen-bond donors (Lipinski definition) is 1. The van der Waals surface area contributed by atoms with E-state index < -0.39 is 6.17 Å². The van der Waals surface area contributed by atoms with Gasteiger partial charge in [-0.1, -0.05) is 0 Å². The second-order valence-electron chi connectivity index (χ2n) is 5.80. The molecule has 0 radical (unpaired) electrons. The third-order valence-corrected chi connectivity index (χ3v) is 2.93. The normalized spacial score (nSPS) is 24.4. The molecule has 1 aliphatic rings. The number of anilines is 2. The summed E-state index contributed by atoms with van der Waals surface area (Å²) in [7, 11) is 5.81. The zero-order valence-electron chi connectivity index (χ0n) is 11.6. The summed E-state index contributed by atoms with van der Waals surface area (Å²) in [5.41, 5.74) is 5.61. The Bertz CT molecular complexity index is 445. The van der Waals surface area contributed by atoms with Crippen molar-refractivity contribution in [3.8, 4) is 0 Å². The van der Waals surface area contributed by atoms with Crippen LogP contribution in [0.5, 0.6) is 0 Å². The summed E-state index contributed by atoms with van der Waals surface area (Å²) < 4.78 is 19.9. The van der Waals surface area contributed by atoms with Crippen LogP contribution in [0.2, 0.25) is 0 Å². The number of nitrogen functional groups attached to an aromatic ring is 1. The Morgan fingerprint density at radius 1 is 1.47 bits per heavy atom. The van der Waals surface area contributed by atoms with Crippen molar-refractivity contribution in [2.24, 2.45) is 0 Å². The van der Waals surface area contributed by atoms with Gasteiger partial charge in [0.15, 0.2) is 0 Å². The number of aromatic nitrogens is 2. The molecule has 2 N–H and O–H groups in total. The summed E-state index contributed by atoms with van der Waals surface area (Å²) in [6.07, 6.45) is 0.800. The molecule has 0 aromatic carbocycles. The van der Waals surface area contributed by atoms with Gasteiger partial charge in [0.1, 0.15) is 35.5 Å². The lowest BCUT2D eigenvalue weighted by atomic mass is 9.52. The number of nitrogens with zero attached hydrogens (tertiary/aromatic N) is 3. The average Bonchev–Trinajstić information content (AvgIpc) is 2.30. The molecule has 2 heterocycles. The maximum absolute atomic E-state index is 14.2. The molecule has 2 rings (SSSR count).